The van der Waals surface area contributed by atoms with E-state index >= 15 is 0 Å². The zero-order valence-electron chi connectivity index (χ0n) is 11.9. The van der Waals surface area contributed by atoms with Gasteiger partial charge in [0.15, 0.2) is 0 Å². The van der Waals surface area contributed by atoms with Crippen LogP contribution < -0.4 is 0 Å². The highest BCUT2D eigenvalue weighted by Crippen LogP contribution is 2.19. The number of halogens is 2. The van der Waals surface area contributed by atoms with Crippen molar-refractivity contribution in [2.75, 3.05) is 0 Å². The summed E-state index contributed by atoms with van der Waals surface area (Å²) in [4.78, 5) is 33.1. The summed E-state index contributed by atoms with van der Waals surface area (Å²) < 4.78 is 1.70. The van der Waals surface area contributed by atoms with Crippen LogP contribution in [-0.4, -0.2) is 11.9 Å². The maximum absolute atomic E-state index is 11.9. The Hall–Kier alpha value is -1.66. The van der Waals surface area contributed by atoms with E-state index in [-0.39, 0.29) is 0 Å². The summed E-state index contributed by atoms with van der Waals surface area (Å²) in [6.07, 6.45) is 0. The van der Waals surface area contributed by atoms with Gasteiger partial charge >= 0.3 is 11.9 Å². The van der Waals surface area contributed by atoms with E-state index in [4.69, 9.17) is 0 Å². The molecule has 2 aromatic carbocycles. The second-order valence-electron chi connectivity index (χ2n) is 4.66. The van der Waals surface area contributed by atoms with Gasteiger partial charge in [-0.2, -0.15) is 0 Å². The van der Waals surface area contributed by atoms with Crippen molar-refractivity contribution in [1.29, 1.82) is 0 Å². The minimum Gasteiger partial charge on any atom is -0.241 e. The Morgan fingerprint density at radius 1 is 0.773 bits per heavy atom. The van der Waals surface area contributed by atoms with Gasteiger partial charge in [0.05, 0.1) is 11.1 Å². The van der Waals surface area contributed by atoms with E-state index < -0.39 is 11.9 Å². The van der Waals surface area contributed by atoms with Crippen LogP contribution >= 0.6 is 31.9 Å². The molecule has 6 heteroatoms. The molecule has 0 aliphatic carbocycles. The maximum Gasteiger partial charge on any atom is 0.386 e. The average Bonchev–Trinajstić information content (AvgIpc) is 2.44. The number of hydrogen-bond donors (Lipinski definition) is 0. The number of carbonyl (C=O) groups is 2. The van der Waals surface area contributed by atoms with Crippen molar-refractivity contribution < 1.29 is 19.4 Å². The fraction of sp³-hybridized carbons (Fsp3) is 0.125. The fourth-order valence-electron chi connectivity index (χ4n) is 1.88. The Morgan fingerprint density at radius 3 is 1.45 bits per heavy atom. The number of rotatable bonds is 2. The number of carbonyl (C=O) groups excluding carboxylic acids is 2. The minimum atomic E-state index is -0.715. The summed E-state index contributed by atoms with van der Waals surface area (Å²) in [5.74, 6) is -1.43. The fourth-order valence-corrected chi connectivity index (χ4v) is 2.83. The molecule has 114 valence electrons. The highest BCUT2D eigenvalue weighted by atomic mass is 79.9. The topological polar surface area (TPSA) is 52.6 Å². The molecular weight excluding hydrogens is 416 g/mol. The molecule has 0 heterocycles. The van der Waals surface area contributed by atoms with Crippen LogP contribution in [0.3, 0.4) is 0 Å². The Balaban J connectivity index is 2.06. The molecule has 2 rings (SSSR count). The number of benzene rings is 2. The SMILES string of the molecule is Cc1cc(Br)ccc1C(=O)OOC(=O)c1ccc(Br)cc1C. The third kappa shape index (κ3) is 3.96. The van der Waals surface area contributed by atoms with Crippen LogP contribution in [0.4, 0.5) is 0 Å². The van der Waals surface area contributed by atoms with Gasteiger partial charge in [-0.25, -0.2) is 19.4 Å². The molecule has 0 aromatic heterocycles. The summed E-state index contributed by atoms with van der Waals surface area (Å²) in [5.41, 5.74) is 2.11. The predicted molar refractivity (Wildman–Crippen MR) is 88.6 cm³/mol. The number of hydrogen-bond acceptors (Lipinski definition) is 4. The molecule has 0 N–H and O–H groups in total. The summed E-state index contributed by atoms with van der Waals surface area (Å²) in [6.45, 7) is 3.53. The lowest BCUT2D eigenvalue weighted by Crippen LogP contribution is -2.13. The van der Waals surface area contributed by atoms with Crippen LogP contribution in [0.5, 0.6) is 0 Å². The normalized spacial score (nSPS) is 10.2. The van der Waals surface area contributed by atoms with Gasteiger partial charge in [0.2, 0.25) is 0 Å². The summed E-state index contributed by atoms with van der Waals surface area (Å²) in [6, 6.07) is 10.2. The third-order valence-electron chi connectivity index (χ3n) is 3.01. The molecule has 0 saturated carbocycles. The van der Waals surface area contributed by atoms with Gasteiger partial charge in [0.1, 0.15) is 0 Å². The van der Waals surface area contributed by atoms with Gasteiger partial charge < -0.3 is 0 Å². The lowest BCUT2D eigenvalue weighted by molar-refractivity contribution is -0.187. The smallest absolute Gasteiger partial charge is 0.241 e. The first kappa shape index (κ1) is 16.7. The summed E-state index contributed by atoms with van der Waals surface area (Å²) in [7, 11) is 0. The molecule has 0 saturated heterocycles. The first-order valence-electron chi connectivity index (χ1n) is 6.34. The van der Waals surface area contributed by atoms with E-state index in [0.29, 0.717) is 11.1 Å². The largest absolute Gasteiger partial charge is 0.386 e. The van der Waals surface area contributed by atoms with Crippen LogP contribution in [0.2, 0.25) is 0 Å². The van der Waals surface area contributed by atoms with Crippen molar-refractivity contribution in [2.45, 2.75) is 13.8 Å². The van der Waals surface area contributed by atoms with Crippen LogP contribution in [0.15, 0.2) is 45.3 Å². The van der Waals surface area contributed by atoms with Crippen molar-refractivity contribution in [3.05, 3.63) is 67.6 Å². The van der Waals surface area contributed by atoms with Crippen LogP contribution in [0.1, 0.15) is 31.8 Å². The third-order valence-corrected chi connectivity index (χ3v) is 4.00. The van der Waals surface area contributed by atoms with Crippen molar-refractivity contribution in [3.8, 4) is 0 Å². The monoisotopic (exact) mass is 426 g/mol. The van der Waals surface area contributed by atoms with Gasteiger partial charge in [-0.1, -0.05) is 31.9 Å². The first-order chi connectivity index (χ1) is 10.4. The van der Waals surface area contributed by atoms with Crippen molar-refractivity contribution in [2.24, 2.45) is 0 Å². The van der Waals surface area contributed by atoms with E-state index in [2.05, 4.69) is 41.6 Å². The average molecular weight is 428 g/mol. The van der Waals surface area contributed by atoms with Gasteiger partial charge in [-0.15, -0.1) is 0 Å². The lowest BCUT2D eigenvalue weighted by Gasteiger charge is -2.07. The predicted octanol–water partition coefficient (Wildman–Crippen LogP) is 4.76. The van der Waals surface area contributed by atoms with E-state index in [0.717, 1.165) is 20.1 Å². The first-order valence-corrected chi connectivity index (χ1v) is 7.92. The maximum atomic E-state index is 11.9. The zero-order valence-corrected chi connectivity index (χ0v) is 15.0. The van der Waals surface area contributed by atoms with Crippen LogP contribution in [-0.2, 0) is 9.78 Å². The highest BCUT2D eigenvalue weighted by molar-refractivity contribution is 9.10. The Bertz CT molecular complexity index is 677. The van der Waals surface area contributed by atoms with Crippen molar-refractivity contribution in [3.63, 3.8) is 0 Å². The summed E-state index contributed by atoms with van der Waals surface area (Å²) in [5, 5.41) is 0. The molecule has 2 aromatic rings. The Morgan fingerprint density at radius 2 is 1.14 bits per heavy atom. The van der Waals surface area contributed by atoms with Crippen molar-refractivity contribution in [1.82, 2.24) is 0 Å². The van der Waals surface area contributed by atoms with Crippen molar-refractivity contribution >= 4 is 43.8 Å². The van der Waals surface area contributed by atoms with E-state index in [1.807, 2.05) is 0 Å². The standard InChI is InChI=1S/C16H12Br2O4/c1-9-7-11(17)3-5-13(9)15(19)21-22-16(20)14-6-4-12(18)8-10(14)2/h3-8H,1-2H3. The second kappa shape index (κ2) is 7.07. The van der Waals surface area contributed by atoms with Crippen LogP contribution in [0.25, 0.3) is 0 Å². The Labute approximate surface area is 144 Å². The van der Waals surface area contributed by atoms with E-state index in [1.54, 1.807) is 50.2 Å². The zero-order chi connectivity index (χ0) is 16.3. The lowest BCUT2D eigenvalue weighted by atomic mass is 10.1. The molecule has 0 aliphatic heterocycles. The molecule has 22 heavy (non-hydrogen) atoms. The molecule has 0 spiro atoms. The molecule has 0 amide bonds. The molecular formula is C16H12Br2O4. The molecule has 4 nitrogen and oxygen atoms in total. The molecule has 0 unspecified atom stereocenters. The van der Waals surface area contributed by atoms with Gasteiger partial charge in [-0.05, 0) is 61.4 Å². The Kier molecular flexibility index (Phi) is 5.37. The minimum absolute atomic E-state index is 0.337. The van der Waals surface area contributed by atoms with Gasteiger partial charge in [0.25, 0.3) is 0 Å². The molecule has 0 fully saturated rings. The van der Waals surface area contributed by atoms with E-state index in [9.17, 15) is 9.59 Å². The molecule has 0 radical (unpaired) electrons. The second-order valence-corrected chi connectivity index (χ2v) is 6.49. The van der Waals surface area contributed by atoms with Gasteiger partial charge in [-0.3, -0.25) is 0 Å². The molecule has 0 bridgehead atoms. The molecule has 0 atom stereocenters. The quantitative estimate of drug-likeness (QED) is 0.512. The summed E-state index contributed by atoms with van der Waals surface area (Å²) >= 11 is 6.62. The van der Waals surface area contributed by atoms with Crippen LogP contribution in [0, 0.1) is 13.8 Å². The highest BCUT2D eigenvalue weighted by Gasteiger charge is 2.17. The molecule has 0 aliphatic rings. The van der Waals surface area contributed by atoms with E-state index in [1.165, 1.54) is 0 Å². The van der Waals surface area contributed by atoms with Gasteiger partial charge in [0, 0.05) is 8.95 Å². The number of aryl methyl sites for hydroxylation is 2.